The molecular weight excluding hydrogens is 428 g/mol. The molecule has 11 nitrogen and oxygen atoms in total. The number of carbonyl (C=O) groups is 4. The van der Waals surface area contributed by atoms with E-state index in [1.54, 1.807) is 13.8 Å². The summed E-state index contributed by atoms with van der Waals surface area (Å²) in [6.07, 6.45) is 3.08. The predicted octanol–water partition coefficient (Wildman–Crippen LogP) is -0.651. The molecule has 7 N–H and O–H groups in total. The molecule has 3 unspecified atom stereocenters. The van der Waals surface area contributed by atoms with Gasteiger partial charge < -0.3 is 31.8 Å². The molecule has 2 rings (SSSR count). The number of nitrogens with zero attached hydrogens (tertiary/aromatic N) is 1. The first-order valence-corrected chi connectivity index (χ1v) is 10.6. The highest BCUT2D eigenvalue weighted by molar-refractivity contribution is 5.93. The van der Waals surface area contributed by atoms with E-state index < -0.39 is 41.8 Å². The van der Waals surface area contributed by atoms with E-state index in [-0.39, 0.29) is 25.3 Å². The number of benzene rings is 1. The minimum absolute atomic E-state index is 0.00300. The number of nitrogens with two attached hydrogens (primary N) is 1. The first-order valence-electron chi connectivity index (χ1n) is 10.6. The van der Waals surface area contributed by atoms with Crippen molar-refractivity contribution in [2.75, 3.05) is 6.54 Å². The lowest BCUT2D eigenvalue weighted by molar-refractivity contribution is -0.142. The lowest BCUT2D eigenvalue weighted by Gasteiger charge is -2.26. The van der Waals surface area contributed by atoms with Gasteiger partial charge in [0, 0.05) is 24.7 Å². The van der Waals surface area contributed by atoms with E-state index in [4.69, 9.17) is 5.73 Å². The van der Waals surface area contributed by atoms with Crippen LogP contribution < -0.4 is 21.7 Å². The lowest BCUT2D eigenvalue weighted by atomic mass is 10.00. The number of carbonyl (C=O) groups excluding carboxylic acids is 3. The zero-order valence-corrected chi connectivity index (χ0v) is 18.6. The number of nitrogens with one attached hydrogen (secondary N) is 4. The van der Waals surface area contributed by atoms with Crippen LogP contribution in [0.2, 0.25) is 0 Å². The molecule has 0 aliphatic rings. The molecule has 1 aromatic carbocycles. The maximum absolute atomic E-state index is 13.0. The van der Waals surface area contributed by atoms with Crippen LogP contribution in [0.5, 0.6) is 0 Å². The first-order chi connectivity index (χ1) is 15.7. The second kappa shape index (κ2) is 12.3. The van der Waals surface area contributed by atoms with Gasteiger partial charge in [0.2, 0.25) is 17.7 Å². The molecular formula is C22H30N6O5. The molecule has 1 heterocycles. The summed E-state index contributed by atoms with van der Waals surface area (Å²) in [5.41, 5.74) is 6.73. The highest BCUT2D eigenvalue weighted by Gasteiger charge is 2.31. The number of aromatic nitrogens is 2. The van der Waals surface area contributed by atoms with Gasteiger partial charge in [-0.05, 0) is 11.5 Å². The summed E-state index contributed by atoms with van der Waals surface area (Å²) in [7, 11) is 0. The maximum Gasteiger partial charge on any atom is 0.326 e. The fourth-order valence-corrected chi connectivity index (χ4v) is 3.18. The van der Waals surface area contributed by atoms with Crippen molar-refractivity contribution in [1.82, 2.24) is 25.9 Å². The van der Waals surface area contributed by atoms with Crippen LogP contribution in [0.4, 0.5) is 0 Å². The lowest BCUT2D eigenvalue weighted by Crippen LogP contribution is -2.58. The van der Waals surface area contributed by atoms with Gasteiger partial charge in [-0.3, -0.25) is 14.4 Å². The predicted molar refractivity (Wildman–Crippen MR) is 120 cm³/mol. The molecule has 0 radical (unpaired) electrons. The van der Waals surface area contributed by atoms with E-state index >= 15 is 0 Å². The number of hydrogen-bond acceptors (Lipinski definition) is 6. The van der Waals surface area contributed by atoms with Gasteiger partial charge >= 0.3 is 5.97 Å². The molecule has 3 atom stereocenters. The van der Waals surface area contributed by atoms with Crippen molar-refractivity contribution in [3.05, 3.63) is 54.1 Å². The van der Waals surface area contributed by atoms with Crippen LogP contribution in [-0.4, -0.2) is 63.4 Å². The summed E-state index contributed by atoms with van der Waals surface area (Å²) in [6.45, 7) is 3.15. The van der Waals surface area contributed by atoms with E-state index in [1.807, 2.05) is 30.3 Å². The minimum atomic E-state index is -1.22. The zero-order chi connectivity index (χ0) is 24.4. The third-order valence-corrected chi connectivity index (χ3v) is 4.96. The topological polar surface area (TPSA) is 179 Å². The molecule has 178 valence electrons. The number of imidazole rings is 1. The Hall–Kier alpha value is -3.73. The van der Waals surface area contributed by atoms with Crippen LogP contribution in [-0.2, 0) is 32.0 Å². The van der Waals surface area contributed by atoms with E-state index in [2.05, 4.69) is 25.9 Å². The van der Waals surface area contributed by atoms with Gasteiger partial charge in [-0.25, -0.2) is 9.78 Å². The Morgan fingerprint density at radius 1 is 1.00 bits per heavy atom. The summed E-state index contributed by atoms with van der Waals surface area (Å²) < 4.78 is 0. The number of aromatic amines is 1. The maximum atomic E-state index is 13.0. The number of H-pyrrole nitrogens is 1. The van der Waals surface area contributed by atoms with E-state index in [9.17, 15) is 24.3 Å². The van der Waals surface area contributed by atoms with Crippen LogP contribution >= 0.6 is 0 Å². The van der Waals surface area contributed by atoms with Crippen molar-refractivity contribution < 1.29 is 24.3 Å². The molecule has 3 amide bonds. The van der Waals surface area contributed by atoms with Crippen molar-refractivity contribution in [2.45, 2.75) is 44.8 Å². The summed E-state index contributed by atoms with van der Waals surface area (Å²) in [4.78, 5) is 56.1. The molecule has 2 aromatic rings. The third kappa shape index (κ3) is 8.04. The van der Waals surface area contributed by atoms with Crippen LogP contribution in [0.15, 0.2) is 42.9 Å². The Balaban J connectivity index is 2.13. The van der Waals surface area contributed by atoms with Crippen LogP contribution in [0, 0.1) is 5.92 Å². The average molecular weight is 459 g/mol. The van der Waals surface area contributed by atoms with Gasteiger partial charge in [-0.1, -0.05) is 44.2 Å². The Morgan fingerprint density at radius 3 is 2.24 bits per heavy atom. The molecule has 1 aromatic heterocycles. The minimum Gasteiger partial charge on any atom is -0.480 e. The van der Waals surface area contributed by atoms with Gasteiger partial charge in [-0.15, -0.1) is 0 Å². The average Bonchev–Trinajstić information content (AvgIpc) is 3.29. The number of aliphatic carboxylic acids is 1. The number of amides is 3. The Kier molecular flexibility index (Phi) is 9.55. The molecule has 0 bridgehead atoms. The van der Waals surface area contributed by atoms with Gasteiger partial charge in [0.15, 0.2) is 0 Å². The van der Waals surface area contributed by atoms with E-state index in [1.165, 1.54) is 12.5 Å². The van der Waals surface area contributed by atoms with Gasteiger partial charge in [-0.2, -0.15) is 0 Å². The molecule has 0 fully saturated rings. The van der Waals surface area contributed by atoms with E-state index in [0.29, 0.717) is 5.69 Å². The smallest absolute Gasteiger partial charge is 0.326 e. The molecule has 0 spiro atoms. The standard InChI is InChI=1S/C22H30N6O5/c1-13(2)19(21(31)27-17(22(32)33)9-15-11-24-12-25-15)28-20(30)16(26-18(29)10-23)8-14-6-4-3-5-7-14/h3-7,11-13,16-17,19H,8-10,23H2,1-2H3,(H,24,25)(H,26,29)(H,27,31)(H,28,30)(H,32,33). The molecule has 33 heavy (non-hydrogen) atoms. The van der Waals surface area contributed by atoms with Crippen molar-refractivity contribution in [3.63, 3.8) is 0 Å². The van der Waals surface area contributed by atoms with Crippen LogP contribution in [0.25, 0.3) is 0 Å². The molecule has 0 aliphatic heterocycles. The number of carboxylic acid groups (broad SMARTS) is 1. The van der Waals surface area contributed by atoms with Crippen molar-refractivity contribution in [3.8, 4) is 0 Å². The number of hydrogen-bond donors (Lipinski definition) is 6. The van der Waals surface area contributed by atoms with E-state index in [0.717, 1.165) is 5.56 Å². The van der Waals surface area contributed by atoms with Gasteiger partial charge in [0.1, 0.15) is 18.1 Å². The summed E-state index contributed by atoms with van der Waals surface area (Å²) in [5, 5.41) is 17.2. The number of rotatable bonds is 12. The highest BCUT2D eigenvalue weighted by atomic mass is 16.4. The Bertz CT molecular complexity index is 932. The van der Waals surface area contributed by atoms with Crippen LogP contribution in [0.1, 0.15) is 25.1 Å². The van der Waals surface area contributed by atoms with Gasteiger partial charge in [0.25, 0.3) is 0 Å². The second-order valence-corrected chi connectivity index (χ2v) is 7.92. The summed E-state index contributed by atoms with van der Waals surface area (Å²) in [6, 6.07) is 5.89. The van der Waals surface area contributed by atoms with Crippen molar-refractivity contribution in [2.24, 2.45) is 11.7 Å². The third-order valence-electron chi connectivity index (χ3n) is 4.96. The monoisotopic (exact) mass is 458 g/mol. The fourth-order valence-electron chi connectivity index (χ4n) is 3.18. The highest BCUT2D eigenvalue weighted by Crippen LogP contribution is 2.08. The number of carboxylic acids is 1. The largest absolute Gasteiger partial charge is 0.480 e. The van der Waals surface area contributed by atoms with Gasteiger partial charge in [0.05, 0.1) is 12.9 Å². The van der Waals surface area contributed by atoms with Crippen molar-refractivity contribution in [1.29, 1.82) is 0 Å². The SMILES string of the molecule is CC(C)C(NC(=O)C(Cc1ccccc1)NC(=O)CN)C(=O)NC(Cc1cnc[nH]1)C(=O)O. The zero-order valence-electron chi connectivity index (χ0n) is 18.6. The Labute approximate surface area is 191 Å². The Morgan fingerprint density at radius 2 is 1.70 bits per heavy atom. The molecule has 0 saturated heterocycles. The second-order valence-electron chi connectivity index (χ2n) is 7.92. The normalized spacial score (nSPS) is 13.6. The quantitative estimate of drug-likeness (QED) is 0.244. The molecule has 11 heteroatoms. The van der Waals surface area contributed by atoms with Crippen molar-refractivity contribution >= 4 is 23.7 Å². The summed E-state index contributed by atoms with van der Waals surface area (Å²) >= 11 is 0. The van der Waals surface area contributed by atoms with Crippen LogP contribution in [0.3, 0.4) is 0 Å². The first kappa shape index (κ1) is 25.5. The molecule has 0 aliphatic carbocycles. The summed E-state index contributed by atoms with van der Waals surface area (Å²) in [5.74, 6) is -3.30. The molecule has 0 saturated carbocycles. The fraction of sp³-hybridized carbons (Fsp3) is 0.409.